The summed E-state index contributed by atoms with van der Waals surface area (Å²) in [6, 6.07) is 16.3. The predicted octanol–water partition coefficient (Wildman–Crippen LogP) is 4.54. The molecule has 0 unspecified atom stereocenters. The van der Waals surface area contributed by atoms with Crippen molar-refractivity contribution >= 4 is 33.4 Å². The van der Waals surface area contributed by atoms with Gasteiger partial charge in [0, 0.05) is 17.1 Å². The largest absolute Gasteiger partial charge is 0.350 e. The molecule has 0 aromatic heterocycles. The molecule has 5 heteroatoms. The quantitative estimate of drug-likeness (QED) is 0.709. The van der Waals surface area contributed by atoms with Crippen LogP contribution in [0.5, 0.6) is 0 Å². The van der Waals surface area contributed by atoms with E-state index >= 15 is 0 Å². The van der Waals surface area contributed by atoms with Gasteiger partial charge in [0.2, 0.25) is 11.8 Å². The molecule has 2 atom stereocenters. The fourth-order valence-corrected chi connectivity index (χ4v) is 4.31. The molecule has 2 amide bonds. The van der Waals surface area contributed by atoms with Gasteiger partial charge in [-0.25, -0.2) is 0 Å². The van der Waals surface area contributed by atoms with Crippen LogP contribution in [0, 0.1) is 6.92 Å². The van der Waals surface area contributed by atoms with Crippen molar-refractivity contribution in [3.63, 3.8) is 0 Å². The molecule has 148 valence electrons. The normalized spacial score (nSPS) is 19.8. The number of benzene rings is 2. The van der Waals surface area contributed by atoms with Gasteiger partial charge in [-0.05, 0) is 51.3 Å². The van der Waals surface area contributed by atoms with E-state index in [0.29, 0.717) is 6.42 Å². The van der Waals surface area contributed by atoms with Crippen LogP contribution in [0.3, 0.4) is 0 Å². The average Bonchev–Trinajstić information content (AvgIpc) is 2.71. The Labute approximate surface area is 175 Å². The number of anilines is 1. The summed E-state index contributed by atoms with van der Waals surface area (Å²) in [6.07, 6.45) is 0.649. The van der Waals surface area contributed by atoms with Crippen molar-refractivity contribution in [1.29, 1.82) is 0 Å². The van der Waals surface area contributed by atoms with Gasteiger partial charge in [0.25, 0.3) is 0 Å². The zero-order valence-electron chi connectivity index (χ0n) is 16.8. The van der Waals surface area contributed by atoms with Gasteiger partial charge in [-0.1, -0.05) is 64.0 Å². The van der Waals surface area contributed by atoms with E-state index in [4.69, 9.17) is 0 Å². The van der Waals surface area contributed by atoms with Gasteiger partial charge in [0.1, 0.15) is 6.54 Å². The molecule has 3 rings (SSSR count). The molecule has 28 heavy (non-hydrogen) atoms. The summed E-state index contributed by atoms with van der Waals surface area (Å²) in [6.45, 7) is 7.87. The molecule has 1 aliphatic rings. The number of carbonyl (C=O) groups excluding carboxylic acids is 2. The van der Waals surface area contributed by atoms with Crippen LogP contribution in [0.4, 0.5) is 5.69 Å². The number of amides is 2. The lowest BCUT2D eigenvalue weighted by atomic mass is 9.86. The summed E-state index contributed by atoms with van der Waals surface area (Å²) in [5, 5.41) is 2.96. The number of nitrogens with zero attached hydrogens (tertiary/aromatic N) is 1. The lowest BCUT2D eigenvalue weighted by Crippen LogP contribution is -2.48. The highest BCUT2D eigenvalue weighted by Gasteiger charge is 2.35. The van der Waals surface area contributed by atoms with Crippen LogP contribution in [0.25, 0.3) is 0 Å². The van der Waals surface area contributed by atoms with Crippen molar-refractivity contribution in [2.75, 3.05) is 11.4 Å². The number of hydrogen-bond acceptors (Lipinski definition) is 2. The molecule has 4 nitrogen and oxygen atoms in total. The van der Waals surface area contributed by atoms with E-state index in [-0.39, 0.29) is 34.6 Å². The second kappa shape index (κ2) is 8.08. The van der Waals surface area contributed by atoms with Crippen molar-refractivity contribution in [2.45, 2.75) is 50.4 Å². The SMILES string of the molecule is Cc1ccc2c(c1)[C@@H](c1ccccc1)C[C@H](Br)C(=O)N2CC(=O)NC(C)(C)C. The van der Waals surface area contributed by atoms with Crippen LogP contribution < -0.4 is 10.2 Å². The first-order valence-electron chi connectivity index (χ1n) is 9.57. The zero-order valence-corrected chi connectivity index (χ0v) is 18.4. The predicted molar refractivity (Wildman–Crippen MR) is 117 cm³/mol. The number of aryl methyl sites for hydroxylation is 1. The maximum atomic E-state index is 13.2. The molecule has 0 fully saturated rings. The Balaban J connectivity index is 2.05. The minimum atomic E-state index is -0.354. The minimum absolute atomic E-state index is 0.00970. The second-order valence-corrected chi connectivity index (χ2v) is 9.56. The van der Waals surface area contributed by atoms with E-state index in [0.717, 1.165) is 16.8 Å². The van der Waals surface area contributed by atoms with E-state index in [1.165, 1.54) is 5.56 Å². The van der Waals surface area contributed by atoms with Gasteiger partial charge < -0.3 is 10.2 Å². The van der Waals surface area contributed by atoms with Crippen LogP contribution in [-0.4, -0.2) is 28.7 Å². The highest BCUT2D eigenvalue weighted by Crippen LogP contribution is 2.41. The molecule has 0 saturated heterocycles. The Kier molecular flexibility index (Phi) is 5.94. The van der Waals surface area contributed by atoms with Gasteiger partial charge in [-0.15, -0.1) is 0 Å². The summed E-state index contributed by atoms with van der Waals surface area (Å²) < 4.78 is 0. The van der Waals surface area contributed by atoms with Gasteiger partial charge in [-0.2, -0.15) is 0 Å². The van der Waals surface area contributed by atoms with Gasteiger partial charge in [0.15, 0.2) is 0 Å². The Hall–Kier alpha value is -2.14. The number of fused-ring (bicyclic) bond motifs is 1. The minimum Gasteiger partial charge on any atom is -0.350 e. The fraction of sp³-hybridized carbons (Fsp3) is 0.391. The van der Waals surface area contributed by atoms with Gasteiger partial charge in [-0.3, -0.25) is 9.59 Å². The van der Waals surface area contributed by atoms with Gasteiger partial charge in [0.05, 0.1) is 4.83 Å². The molecular formula is C23H27BrN2O2. The molecule has 0 bridgehead atoms. The molecule has 0 radical (unpaired) electrons. The van der Waals surface area contributed by atoms with Crippen LogP contribution in [0.2, 0.25) is 0 Å². The Morgan fingerprint density at radius 2 is 1.86 bits per heavy atom. The monoisotopic (exact) mass is 442 g/mol. The summed E-state index contributed by atoms with van der Waals surface area (Å²) in [4.78, 5) is 27.0. The number of alkyl halides is 1. The maximum absolute atomic E-state index is 13.2. The lowest BCUT2D eigenvalue weighted by Gasteiger charge is -2.27. The van der Waals surface area contributed by atoms with Crippen molar-refractivity contribution in [1.82, 2.24) is 5.32 Å². The molecule has 1 N–H and O–H groups in total. The van der Waals surface area contributed by atoms with E-state index in [1.54, 1.807) is 4.90 Å². The van der Waals surface area contributed by atoms with Crippen LogP contribution in [0.15, 0.2) is 48.5 Å². The summed E-state index contributed by atoms with van der Waals surface area (Å²) in [7, 11) is 0. The van der Waals surface area contributed by atoms with Crippen molar-refractivity contribution in [3.8, 4) is 0 Å². The van der Waals surface area contributed by atoms with Crippen LogP contribution in [-0.2, 0) is 9.59 Å². The molecule has 0 aliphatic carbocycles. The van der Waals surface area contributed by atoms with E-state index in [9.17, 15) is 9.59 Å². The van der Waals surface area contributed by atoms with Gasteiger partial charge >= 0.3 is 0 Å². The van der Waals surface area contributed by atoms with Crippen LogP contribution >= 0.6 is 15.9 Å². The molecule has 2 aromatic rings. The highest BCUT2D eigenvalue weighted by atomic mass is 79.9. The molecule has 1 heterocycles. The first-order chi connectivity index (χ1) is 13.2. The first kappa shape index (κ1) is 20.6. The highest BCUT2D eigenvalue weighted by molar-refractivity contribution is 9.10. The van der Waals surface area contributed by atoms with Crippen molar-refractivity contribution in [3.05, 3.63) is 65.2 Å². The molecule has 0 saturated carbocycles. The second-order valence-electron chi connectivity index (χ2n) is 8.45. The van der Waals surface area contributed by atoms with Crippen molar-refractivity contribution < 1.29 is 9.59 Å². The molecule has 1 aliphatic heterocycles. The molecular weight excluding hydrogens is 416 g/mol. The topological polar surface area (TPSA) is 49.4 Å². The Bertz CT molecular complexity index is 874. The summed E-state index contributed by atoms with van der Waals surface area (Å²) >= 11 is 3.59. The third kappa shape index (κ3) is 4.64. The van der Waals surface area contributed by atoms with E-state index in [1.807, 2.05) is 51.1 Å². The third-order valence-electron chi connectivity index (χ3n) is 4.84. The standard InChI is InChI=1S/C23H27BrN2O2/c1-15-10-11-20-18(12-15)17(16-8-6-5-7-9-16)13-19(24)22(28)26(20)14-21(27)25-23(2,3)4/h5-12,17,19H,13-14H2,1-4H3,(H,25,27)/t17-,19+/m1/s1. The number of carbonyl (C=O) groups is 2. The number of halogens is 1. The third-order valence-corrected chi connectivity index (χ3v) is 5.61. The fourth-order valence-electron chi connectivity index (χ4n) is 3.69. The lowest BCUT2D eigenvalue weighted by molar-refractivity contribution is -0.124. The smallest absolute Gasteiger partial charge is 0.241 e. The summed E-state index contributed by atoms with van der Waals surface area (Å²) in [5.41, 5.74) is 3.87. The van der Waals surface area contributed by atoms with E-state index in [2.05, 4.69) is 46.4 Å². The Morgan fingerprint density at radius 3 is 2.50 bits per heavy atom. The first-order valence-corrected chi connectivity index (χ1v) is 10.5. The van der Waals surface area contributed by atoms with E-state index < -0.39 is 0 Å². The average molecular weight is 443 g/mol. The Morgan fingerprint density at radius 1 is 1.18 bits per heavy atom. The van der Waals surface area contributed by atoms with Crippen molar-refractivity contribution in [2.24, 2.45) is 0 Å². The maximum Gasteiger partial charge on any atom is 0.241 e. The van der Waals surface area contributed by atoms with Crippen LogP contribution in [0.1, 0.15) is 49.8 Å². The molecule has 0 spiro atoms. The molecule has 2 aromatic carbocycles. The number of hydrogen-bond donors (Lipinski definition) is 1. The number of nitrogens with one attached hydrogen (secondary N) is 1. The zero-order chi connectivity index (χ0) is 20.5. The number of rotatable bonds is 3. The summed E-state index contributed by atoms with van der Waals surface area (Å²) in [5.74, 6) is -0.155.